The van der Waals surface area contributed by atoms with Crippen LogP contribution in [0.4, 0.5) is 43.9 Å². The third-order valence-electron chi connectivity index (χ3n) is 3.94. The number of hydrogen-bond donors (Lipinski definition) is 2. The summed E-state index contributed by atoms with van der Waals surface area (Å²) in [5, 5.41) is -1.21. The number of amides is 1. The summed E-state index contributed by atoms with van der Waals surface area (Å²) in [5.74, 6) is -10.8. The Balaban J connectivity index is 2.48. The van der Waals surface area contributed by atoms with E-state index in [0.29, 0.717) is 16.7 Å². The van der Waals surface area contributed by atoms with Crippen molar-refractivity contribution >= 4 is 22.6 Å². The van der Waals surface area contributed by atoms with Crippen molar-refractivity contribution in [1.82, 2.24) is 24.8 Å². The summed E-state index contributed by atoms with van der Waals surface area (Å²) in [6, 6.07) is 1.29. The summed E-state index contributed by atoms with van der Waals surface area (Å²) in [6.45, 7) is 0. The van der Waals surface area contributed by atoms with Gasteiger partial charge in [0.05, 0.1) is 0 Å². The van der Waals surface area contributed by atoms with Gasteiger partial charge in [-0.05, 0) is 12.1 Å². The number of nitrogens with one attached hydrogen (secondary N) is 1. The maximum absolute atomic E-state index is 14.0. The second-order valence-electron chi connectivity index (χ2n) is 5.94. The van der Waals surface area contributed by atoms with Gasteiger partial charge in [-0.2, -0.15) is 43.9 Å². The topological polar surface area (TPSA) is 98.2 Å². The molecule has 3 aromatic heterocycles. The lowest BCUT2D eigenvalue weighted by atomic mass is 10.1. The Bertz CT molecular complexity index is 1180. The van der Waals surface area contributed by atoms with E-state index in [4.69, 9.17) is 5.84 Å². The predicted molar refractivity (Wildman–Crippen MR) is 79.8 cm³/mol. The quantitative estimate of drug-likeness (QED) is 0.269. The summed E-state index contributed by atoms with van der Waals surface area (Å²) >= 11 is 0. The van der Waals surface area contributed by atoms with E-state index in [1.54, 1.807) is 5.43 Å². The molecule has 3 aromatic rings. The van der Waals surface area contributed by atoms with Crippen LogP contribution in [-0.4, -0.2) is 37.6 Å². The highest BCUT2D eigenvalue weighted by Crippen LogP contribution is 2.47. The van der Waals surface area contributed by atoms with Gasteiger partial charge < -0.3 is 0 Å². The van der Waals surface area contributed by atoms with Crippen molar-refractivity contribution in [2.24, 2.45) is 5.84 Å². The minimum absolute atomic E-state index is 0.410. The maximum atomic E-state index is 14.0. The summed E-state index contributed by atoms with van der Waals surface area (Å²) in [6.07, 6.45) is -12.2. The monoisotopic (exact) mass is 464 g/mol. The van der Waals surface area contributed by atoms with Crippen molar-refractivity contribution in [3.8, 4) is 0 Å². The molecule has 0 fully saturated rings. The van der Waals surface area contributed by atoms with Crippen molar-refractivity contribution in [2.45, 2.75) is 24.2 Å². The SMILES string of the molecule is NNC(=O)c1cn2c(ccc3c(C(F)(F)C(F)(F)F)nc(C(F)(F)C(F)(F)F)nc32)n1. The zero-order chi connectivity index (χ0) is 23.6. The molecule has 17 heteroatoms. The van der Waals surface area contributed by atoms with E-state index in [0.717, 1.165) is 6.07 Å². The van der Waals surface area contributed by atoms with Crippen LogP contribution in [-0.2, 0) is 11.8 Å². The molecular formula is C14H6F10N6O. The number of carbonyl (C=O) groups excluding carboxylic acids is 1. The first kappa shape index (κ1) is 22.4. The largest absolute Gasteiger partial charge is 0.461 e. The van der Waals surface area contributed by atoms with Gasteiger partial charge in [0.25, 0.3) is 5.91 Å². The number of pyridine rings is 1. The van der Waals surface area contributed by atoms with Crippen molar-refractivity contribution in [3.05, 3.63) is 35.5 Å². The van der Waals surface area contributed by atoms with E-state index < -0.39 is 64.0 Å². The number of nitrogens with two attached hydrogens (primary N) is 1. The molecule has 7 nitrogen and oxygen atoms in total. The summed E-state index contributed by atoms with van der Waals surface area (Å²) < 4.78 is 133. The molecule has 168 valence electrons. The van der Waals surface area contributed by atoms with Crippen molar-refractivity contribution < 1.29 is 48.7 Å². The van der Waals surface area contributed by atoms with Gasteiger partial charge in [-0.1, -0.05) is 0 Å². The summed E-state index contributed by atoms with van der Waals surface area (Å²) in [7, 11) is 0. The molecule has 0 atom stereocenters. The first-order valence-corrected chi connectivity index (χ1v) is 7.63. The minimum Gasteiger partial charge on any atom is -0.289 e. The maximum Gasteiger partial charge on any atom is 0.461 e. The van der Waals surface area contributed by atoms with E-state index in [1.165, 1.54) is 0 Å². The number of fused-ring (bicyclic) bond motifs is 3. The van der Waals surface area contributed by atoms with Gasteiger partial charge in [-0.3, -0.25) is 14.6 Å². The van der Waals surface area contributed by atoms with Crippen LogP contribution in [0.1, 0.15) is 22.0 Å². The number of hydrazine groups is 1. The molecular weight excluding hydrogens is 458 g/mol. The predicted octanol–water partition coefficient (Wildman–Crippen LogP) is 3.19. The highest BCUT2D eigenvalue weighted by Gasteiger charge is 2.64. The third-order valence-corrected chi connectivity index (χ3v) is 3.94. The number of halogens is 10. The molecule has 0 aromatic carbocycles. The molecule has 0 saturated heterocycles. The molecule has 0 saturated carbocycles. The van der Waals surface area contributed by atoms with Gasteiger partial charge >= 0.3 is 24.2 Å². The van der Waals surface area contributed by atoms with Crippen LogP contribution in [0.5, 0.6) is 0 Å². The smallest absolute Gasteiger partial charge is 0.289 e. The molecule has 0 bridgehead atoms. The average molecular weight is 464 g/mol. The molecule has 0 aliphatic carbocycles. The Morgan fingerprint density at radius 1 is 0.871 bits per heavy atom. The minimum atomic E-state index is -6.42. The van der Waals surface area contributed by atoms with Crippen LogP contribution < -0.4 is 11.3 Å². The summed E-state index contributed by atoms with van der Waals surface area (Å²) in [4.78, 5) is 20.3. The number of aromatic nitrogens is 4. The fourth-order valence-electron chi connectivity index (χ4n) is 2.46. The normalized spacial score (nSPS) is 13.8. The van der Waals surface area contributed by atoms with Gasteiger partial charge in [-0.25, -0.2) is 20.8 Å². The van der Waals surface area contributed by atoms with Crippen LogP contribution >= 0.6 is 0 Å². The number of nitrogens with zero attached hydrogens (tertiary/aromatic N) is 4. The third kappa shape index (κ3) is 3.37. The van der Waals surface area contributed by atoms with Crippen molar-refractivity contribution in [3.63, 3.8) is 0 Å². The molecule has 0 aliphatic rings. The van der Waals surface area contributed by atoms with Gasteiger partial charge in [0, 0.05) is 11.6 Å². The van der Waals surface area contributed by atoms with E-state index >= 15 is 0 Å². The van der Waals surface area contributed by atoms with Gasteiger partial charge in [0.1, 0.15) is 22.7 Å². The Hall–Kier alpha value is -3.24. The molecule has 0 spiro atoms. The lowest BCUT2D eigenvalue weighted by Gasteiger charge is -2.23. The first-order valence-electron chi connectivity index (χ1n) is 7.63. The van der Waals surface area contributed by atoms with Crippen LogP contribution in [0.25, 0.3) is 16.7 Å². The number of hydrogen-bond acceptors (Lipinski definition) is 5. The standard InChI is InChI=1S/C14H6F10N6O/c15-11(16,13(19,20)21)7-4-1-2-6-26-5(9(31)29-25)3-30(6)8(4)28-10(27-7)12(17,18)14(22,23)24/h1-3H,25H2,(H,29,31). The average Bonchev–Trinajstić information content (AvgIpc) is 3.09. The van der Waals surface area contributed by atoms with E-state index in [2.05, 4.69) is 15.0 Å². The molecule has 3 heterocycles. The molecule has 1 amide bonds. The molecule has 0 radical (unpaired) electrons. The van der Waals surface area contributed by atoms with Crippen molar-refractivity contribution in [2.75, 3.05) is 0 Å². The highest BCUT2D eigenvalue weighted by molar-refractivity contribution is 5.93. The molecule has 0 aliphatic heterocycles. The molecule has 31 heavy (non-hydrogen) atoms. The fourth-order valence-corrected chi connectivity index (χ4v) is 2.46. The highest BCUT2D eigenvalue weighted by atomic mass is 19.4. The first-order chi connectivity index (χ1) is 14.0. The van der Waals surface area contributed by atoms with Crippen LogP contribution in [0, 0.1) is 0 Å². The summed E-state index contributed by atoms with van der Waals surface area (Å²) in [5.41, 5.74) is -3.02. The second-order valence-corrected chi connectivity index (χ2v) is 5.94. The Kier molecular flexibility index (Phi) is 4.80. The van der Waals surface area contributed by atoms with Crippen LogP contribution in [0.15, 0.2) is 18.3 Å². The van der Waals surface area contributed by atoms with Gasteiger partial charge in [0.15, 0.2) is 0 Å². The second kappa shape index (κ2) is 6.63. The molecule has 0 unspecified atom stereocenters. The number of rotatable bonds is 3. The Morgan fingerprint density at radius 3 is 1.97 bits per heavy atom. The lowest BCUT2D eigenvalue weighted by molar-refractivity contribution is -0.296. The lowest BCUT2D eigenvalue weighted by Crippen LogP contribution is -2.39. The number of alkyl halides is 10. The number of carbonyl (C=O) groups is 1. The van der Waals surface area contributed by atoms with E-state index in [1.807, 2.05) is 0 Å². The fraction of sp³-hybridized carbons (Fsp3) is 0.286. The van der Waals surface area contributed by atoms with Gasteiger partial charge in [0.2, 0.25) is 5.82 Å². The number of nitrogen functional groups attached to an aromatic ring is 1. The van der Waals surface area contributed by atoms with E-state index in [9.17, 15) is 48.7 Å². The zero-order valence-electron chi connectivity index (χ0n) is 14.3. The molecule has 3 N–H and O–H groups in total. The van der Waals surface area contributed by atoms with Crippen molar-refractivity contribution in [1.29, 1.82) is 0 Å². The van der Waals surface area contributed by atoms with Crippen LogP contribution in [0.2, 0.25) is 0 Å². The zero-order valence-corrected chi connectivity index (χ0v) is 14.3. The van der Waals surface area contributed by atoms with E-state index in [-0.39, 0.29) is 0 Å². The van der Waals surface area contributed by atoms with Crippen LogP contribution in [0.3, 0.4) is 0 Å². The Morgan fingerprint density at radius 2 is 1.45 bits per heavy atom. The van der Waals surface area contributed by atoms with Gasteiger partial charge in [-0.15, -0.1) is 0 Å². The Labute approximate surface area is 162 Å². The molecule has 3 rings (SSSR count). The number of imidazole rings is 1.